The molecule has 5 radical (unpaired) electrons. The fourth-order valence-electron chi connectivity index (χ4n) is 0. The molecule has 0 aromatic carbocycles. The van der Waals surface area contributed by atoms with E-state index in [1.54, 1.807) is 19.9 Å². The summed E-state index contributed by atoms with van der Waals surface area (Å²) in [4.78, 5) is 6.50. The van der Waals surface area contributed by atoms with Crippen LogP contribution in [0.1, 0.15) is 0 Å². The Kier molecular flexibility index (Phi) is 238. The summed E-state index contributed by atoms with van der Waals surface area (Å²) < 4.78 is 0. The van der Waals surface area contributed by atoms with E-state index < -0.39 is 0 Å². The maximum Gasteiger partial charge on any atom is 0 e. The Bertz CT molecular complexity index is 163. The number of nitrogens with zero attached hydrogens (tertiary/aromatic N) is 4. The molecule has 0 aliphatic heterocycles. The third kappa shape index (κ3) is 1430. The molecule has 10 heteroatoms. The molecule has 0 saturated heterocycles. The van der Waals surface area contributed by atoms with Crippen molar-refractivity contribution in [3.8, 4) is 19.9 Å². The second-order valence-electron chi connectivity index (χ2n) is 0.365. The zero-order valence-corrected chi connectivity index (χ0v) is 17.3. The molecule has 0 spiro atoms. The third-order valence-corrected chi connectivity index (χ3v) is 0. The van der Waals surface area contributed by atoms with Crippen LogP contribution in [0.25, 0.3) is 0 Å². The quantitative estimate of drug-likeness (QED) is 0.349. The average Bonchev–Trinajstić information content (AvgIpc) is 1.92. The summed E-state index contributed by atoms with van der Waals surface area (Å²) >= 11 is 8.44. The molecule has 0 aromatic rings. The van der Waals surface area contributed by atoms with Crippen LogP contribution in [0.3, 0.4) is 0 Å². The first-order valence-corrected chi connectivity index (χ1v) is 5.14. The Hall–Kier alpha value is 1.17. The Morgan fingerprint density at radius 1 is 0.571 bits per heavy atom. The molecule has 0 saturated carbocycles. The van der Waals surface area contributed by atoms with Crippen LogP contribution in [0.4, 0.5) is 0 Å². The minimum Gasteiger partial charge on any atom is 0 e. The largest absolute Gasteiger partial charge is 0 e. The second-order valence-corrected chi connectivity index (χ2v) is 1.90. The summed E-state index contributed by atoms with van der Waals surface area (Å²) in [6.07, 6.45) is 0. The van der Waals surface area contributed by atoms with Gasteiger partial charge in [0.15, 0.2) is 0 Å². The van der Waals surface area contributed by atoms with Crippen molar-refractivity contribution in [1.82, 2.24) is 0 Å². The molecule has 0 aliphatic carbocycles. The SMILES string of the molecule is N#C[Se].N#C[Se].N#C[Se].N#C[Se].[Co].[Zn]. The Balaban J connectivity index is -0.0000000145. The summed E-state index contributed by atoms with van der Waals surface area (Å²) in [5.41, 5.74) is 0. The van der Waals surface area contributed by atoms with Crippen molar-refractivity contribution in [3.05, 3.63) is 0 Å². The molecule has 4 nitrogen and oxygen atoms in total. The van der Waals surface area contributed by atoms with Crippen LogP contribution in [0.15, 0.2) is 0 Å². The van der Waals surface area contributed by atoms with Crippen LogP contribution in [-0.2, 0) is 36.3 Å². The van der Waals surface area contributed by atoms with Crippen molar-refractivity contribution >= 4 is 64.1 Å². The topological polar surface area (TPSA) is 95.2 Å². The van der Waals surface area contributed by atoms with Gasteiger partial charge in [0.25, 0.3) is 0 Å². The van der Waals surface area contributed by atoms with Gasteiger partial charge < -0.3 is 0 Å². The van der Waals surface area contributed by atoms with Gasteiger partial charge in [-0.25, -0.2) is 0 Å². The number of hydrogen-bond acceptors (Lipinski definition) is 4. The van der Waals surface area contributed by atoms with Gasteiger partial charge in [-0.3, -0.25) is 0 Å². The van der Waals surface area contributed by atoms with E-state index >= 15 is 0 Å². The smallest absolute Gasteiger partial charge is 0 e. The van der Waals surface area contributed by atoms with E-state index in [1.807, 2.05) is 0 Å². The van der Waals surface area contributed by atoms with Gasteiger partial charge in [0.2, 0.25) is 0 Å². The molecule has 0 amide bonds. The monoisotopic (exact) mass is 547 g/mol. The van der Waals surface area contributed by atoms with E-state index in [2.05, 4.69) is 64.1 Å². The van der Waals surface area contributed by atoms with E-state index in [0.717, 1.165) is 0 Å². The minimum absolute atomic E-state index is 0. The summed E-state index contributed by atoms with van der Waals surface area (Å²) in [7, 11) is 0. The summed E-state index contributed by atoms with van der Waals surface area (Å²) in [6.45, 7) is 0. The molecule has 0 aliphatic rings. The summed E-state index contributed by atoms with van der Waals surface area (Å²) in [6, 6.07) is 0. The second kappa shape index (κ2) is 92.0. The number of nitriles is 4. The fourth-order valence-corrected chi connectivity index (χ4v) is 0. The molecule has 71 valence electrons. The van der Waals surface area contributed by atoms with E-state index in [-0.39, 0.29) is 36.3 Å². The molecule has 0 heterocycles. The van der Waals surface area contributed by atoms with E-state index in [9.17, 15) is 0 Å². The molecular formula is C4CoN4Se4Zn. The first-order valence-electron chi connectivity index (χ1n) is 1.71. The van der Waals surface area contributed by atoms with Gasteiger partial charge >= 0.3 is 105 Å². The van der Waals surface area contributed by atoms with E-state index in [0.29, 0.717) is 0 Å². The molecule has 14 heavy (non-hydrogen) atoms. The van der Waals surface area contributed by atoms with Crippen molar-refractivity contribution in [2.75, 3.05) is 0 Å². The molecule has 0 unspecified atom stereocenters. The summed E-state index contributed by atoms with van der Waals surface area (Å²) in [5.74, 6) is 0. The molecule has 0 bridgehead atoms. The zero-order valence-electron chi connectivity index (χ0n) is 6.46. The molecular weight excluding hydrogens is 544 g/mol. The fraction of sp³-hybridized carbons (Fsp3) is 0. The van der Waals surface area contributed by atoms with Crippen LogP contribution < -0.4 is 0 Å². The van der Waals surface area contributed by atoms with Gasteiger partial charge in [-0.15, -0.1) is 0 Å². The van der Waals surface area contributed by atoms with Crippen LogP contribution >= 0.6 is 0 Å². The normalized spacial score (nSPS) is 2.00. The summed E-state index contributed by atoms with van der Waals surface area (Å²) in [5, 5.41) is 29.1. The predicted octanol–water partition coefficient (Wildman–Crippen LogP) is -1.46. The number of rotatable bonds is 0. The van der Waals surface area contributed by atoms with Crippen LogP contribution in [-0.4, -0.2) is 64.1 Å². The van der Waals surface area contributed by atoms with Gasteiger partial charge in [-0.2, -0.15) is 0 Å². The van der Waals surface area contributed by atoms with Gasteiger partial charge in [-0.05, 0) is 0 Å². The first-order chi connectivity index (χ1) is 5.66. The third-order valence-electron chi connectivity index (χ3n) is 0. The first kappa shape index (κ1) is 36.2. The van der Waals surface area contributed by atoms with Crippen molar-refractivity contribution in [2.24, 2.45) is 0 Å². The van der Waals surface area contributed by atoms with Crippen molar-refractivity contribution in [2.45, 2.75) is 0 Å². The maximum absolute atomic E-state index is 7.26. The molecule has 0 atom stereocenters. The van der Waals surface area contributed by atoms with Gasteiger partial charge in [0.05, 0.1) is 0 Å². The van der Waals surface area contributed by atoms with Crippen molar-refractivity contribution in [1.29, 1.82) is 21.0 Å². The van der Waals surface area contributed by atoms with Crippen LogP contribution in [0.2, 0.25) is 0 Å². The minimum atomic E-state index is 0. The van der Waals surface area contributed by atoms with Gasteiger partial charge in [0.1, 0.15) is 0 Å². The maximum atomic E-state index is 7.26. The van der Waals surface area contributed by atoms with E-state index in [4.69, 9.17) is 21.0 Å². The predicted molar refractivity (Wildman–Crippen MR) is 45.5 cm³/mol. The molecule has 0 aromatic heterocycles. The van der Waals surface area contributed by atoms with E-state index in [1.165, 1.54) is 0 Å². The van der Waals surface area contributed by atoms with Crippen LogP contribution in [0, 0.1) is 40.9 Å². The van der Waals surface area contributed by atoms with Crippen molar-refractivity contribution < 1.29 is 36.3 Å². The Morgan fingerprint density at radius 2 is 0.571 bits per heavy atom. The van der Waals surface area contributed by atoms with Gasteiger partial charge in [-0.1, -0.05) is 0 Å². The zero-order chi connectivity index (χ0) is 10.8. The number of hydrogen-bond donors (Lipinski definition) is 0. The molecule has 0 rings (SSSR count). The van der Waals surface area contributed by atoms with Crippen molar-refractivity contribution in [3.63, 3.8) is 0 Å². The average molecular weight is 544 g/mol. The Morgan fingerprint density at radius 3 is 0.571 bits per heavy atom. The van der Waals surface area contributed by atoms with Crippen LogP contribution in [0.5, 0.6) is 0 Å². The molecule has 0 fully saturated rings. The molecule has 0 N–H and O–H groups in total. The standard InChI is InChI=1S/4CNSe.Co.Zn/c4*2-1-3;;. The van der Waals surface area contributed by atoms with Gasteiger partial charge in [0, 0.05) is 36.3 Å². The Labute approximate surface area is 139 Å².